The fourth-order valence-corrected chi connectivity index (χ4v) is 4.10. The smallest absolute Gasteiger partial charge is 0.423 e. The van der Waals surface area contributed by atoms with Crippen LogP contribution in [0.15, 0.2) is 46.4 Å². The number of hydrogen-bond acceptors (Lipinski definition) is 10. The highest BCUT2D eigenvalue weighted by Crippen LogP contribution is 2.32. The van der Waals surface area contributed by atoms with E-state index in [9.17, 15) is 22.8 Å². The Morgan fingerprint density at radius 1 is 1.24 bits per heavy atom. The van der Waals surface area contributed by atoms with E-state index >= 15 is 4.39 Å². The van der Waals surface area contributed by atoms with Crippen LogP contribution in [0.25, 0.3) is 22.2 Å². The Balaban J connectivity index is 1.48. The van der Waals surface area contributed by atoms with Crippen LogP contribution in [0.1, 0.15) is 25.3 Å². The molecule has 0 saturated carbocycles. The number of pyridine rings is 1. The lowest BCUT2D eigenvalue weighted by Gasteiger charge is -2.19. The van der Waals surface area contributed by atoms with E-state index in [-0.39, 0.29) is 34.9 Å². The fourth-order valence-electron chi connectivity index (χ4n) is 4.10. The monoisotopic (exact) mass is 575 g/mol. The van der Waals surface area contributed by atoms with Gasteiger partial charge in [0.15, 0.2) is 17.4 Å². The van der Waals surface area contributed by atoms with E-state index in [1.54, 1.807) is 18.1 Å². The second-order valence-corrected chi connectivity index (χ2v) is 9.11. The summed E-state index contributed by atoms with van der Waals surface area (Å²) in [5, 5.41) is 26.5. The van der Waals surface area contributed by atoms with Gasteiger partial charge < -0.3 is 30.6 Å². The predicted molar refractivity (Wildman–Crippen MR) is 139 cm³/mol. The molecule has 12 nitrogen and oxygen atoms in total. The average molecular weight is 575 g/mol. The SMILES string of the molecule is [B]C(O)(O)Oc1cnc(-c2cc3ccn(CCC[C@H](C)Nc4cn[nH]c(=O)c4C(F)(F)F)c(=O)c3cc2F)nc1N. The van der Waals surface area contributed by atoms with Crippen molar-refractivity contribution in [3.63, 3.8) is 0 Å². The van der Waals surface area contributed by atoms with Crippen LogP contribution in [0.2, 0.25) is 0 Å². The maximum atomic E-state index is 15.0. The predicted octanol–water partition coefficient (Wildman–Crippen LogP) is 1.71. The van der Waals surface area contributed by atoms with Crippen LogP contribution in [-0.2, 0) is 12.7 Å². The van der Waals surface area contributed by atoms with Gasteiger partial charge in [-0.05, 0) is 43.4 Å². The number of nitrogens with one attached hydrogen (secondary N) is 2. The number of anilines is 2. The first-order chi connectivity index (χ1) is 19.1. The summed E-state index contributed by atoms with van der Waals surface area (Å²) in [7, 11) is 4.93. The standard InChI is InChI=1S/C24H22BF4N7O5/c1-11(33-16-9-32-35-21(37)18(16)23(27,28)29)3-2-5-36-6-4-12-7-14(15(26)8-13(12)22(36)38)20-31-10-17(19(30)34-20)41-24(25,39)40/h4,6-11,39-40H,2-3,5H2,1H3,(H2,30,31,34)(H2,33,35,37)/t11-/m0/s1. The molecule has 2 radical (unpaired) electrons. The van der Waals surface area contributed by atoms with Gasteiger partial charge in [-0.15, -0.1) is 0 Å². The van der Waals surface area contributed by atoms with Crippen LogP contribution < -0.4 is 26.9 Å². The molecular weight excluding hydrogens is 553 g/mol. The molecule has 0 amide bonds. The Bertz CT molecular complexity index is 1710. The Morgan fingerprint density at radius 3 is 2.63 bits per heavy atom. The third-order valence-electron chi connectivity index (χ3n) is 5.93. The molecule has 214 valence electrons. The van der Waals surface area contributed by atoms with Crippen molar-refractivity contribution in [3.8, 4) is 17.1 Å². The van der Waals surface area contributed by atoms with Crippen molar-refractivity contribution in [2.75, 3.05) is 11.1 Å². The van der Waals surface area contributed by atoms with E-state index in [1.165, 1.54) is 16.8 Å². The van der Waals surface area contributed by atoms with Crippen molar-refractivity contribution in [2.45, 2.75) is 44.4 Å². The number of benzene rings is 1. The molecule has 4 aromatic rings. The van der Waals surface area contributed by atoms with Gasteiger partial charge in [-0.25, -0.2) is 19.5 Å². The molecule has 0 saturated heterocycles. The van der Waals surface area contributed by atoms with Gasteiger partial charge in [0.25, 0.3) is 17.0 Å². The quantitative estimate of drug-likeness (QED) is 0.112. The van der Waals surface area contributed by atoms with Crippen molar-refractivity contribution >= 4 is 30.1 Å². The maximum absolute atomic E-state index is 15.0. The summed E-state index contributed by atoms with van der Waals surface area (Å²) in [6, 6.07) is 3.43. The largest absolute Gasteiger partial charge is 0.443 e. The van der Waals surface area contributed by atoms with E-state index in [4.69, 9.17) is 23.8 Å². The molecule has 3 aromatic heterocycles. The molecule has 0 unspecified atom stereocenters. The highest BCUT2D eigenvalue weighted by atomic mass is 19.4. The number of ether oxygens (including phenoxy) is 1. The minimum Gasteiger partial charge on any atom is -0.443 e. The molecule has 0 aliphatic rings. The minimum absolute atomic E-state index is 0.0609. The Morgan fingerprint density at radius 2 is 1.98 bits per heavy atom. The van der Waals surface area contributed by atoms with Crippen LogP contribution in [0.3, 0.4) is 0 Å². The summed E-state index contributed by atoms with van der Waals surface area (Å²) in [6.45, 7) is 1.80. The van der Waals surface area contributed by atoms with Gasteiger partial charge in [-0.3, -0.25) is 9.59 Å². The summed E-state index contributed by atoms with van der Waals surface area (Å²) >= 11 is 0. The highest BCUT2D eigenvalue weighted by molar-refractivity contribution is 6.12. The summed E-state index contributed by atoms with van der Waals surface area (Å²) in [6.07, 6.45) is -0.834. The molecule has 0 fully saturated rings. The van der Waals surface area contributed by atoms with Gasteiger partial charge in [0.05, 0.1) is 29.0 Å². The molecule has 6 N–H and O–H groups in total. The van der Waals surface area contributed by atoms with Gasteiger partial charge >= 0.3 is 6.18 Å². The lowest BCUT2D eigenvalue weighted by Crippen LogP contribution is -2.36. The number of fused-ring (bicyclic) bond motifs is 1. The molecule has 0 bridgehead atoms. The van der Waals surface area contributed by atoms with Crippen molar-refractivity contribution in [1.82, 2.24) is 24.7 Å². The van der Waals surface area contributed by atoms with E-state index in [2.05, 4.69) is 25.1 Å². The second kappa shape index (κ2) is 11.2. The number of aromatic amines is 1. The van der Waals surface area contributed by atoms with Crippen molar-refractivity contribution in [3.05, 3.63) is 68.9 Å². The van der Waals surface area contributed by atoms with E-state index in [0.29, 0.717) is 18.2 Å². The molecule has 3 heterocycles. The lowest BCUT2D eigenvalue weighted by molar-refractivity contribution is -0.223. The third-order valence-corrected chi connectivity index (χ3v) is 5.93. The number of rotatable bonds is 9. The topological polar surface area (TPSA) is 181 Å². The maximum Gasteiger partial charge on any atom is 0.423 e. The lowest BCUT2D eigenvalue weighted by atomic mass is 10.1. The van der Waals surface area contributed by atoms with E-state index < -0.39 is 46.3 Å². The molecule has 1 aromatic carbocycles. The molecule has 17 heteroatoms. The first kappa shape index (κ1) is 29.5. The molecule has 41 heavy (non-hydrogen) atoms. The van der Waals surface area contributed by atoms with Crippen LogP contribution in [0, 0.1) is 5.82 Å². The number of aromatic nitrogens is 5. The zero-order valence-corrected chi connectivity index (χ0v) is 21.2. The van der Waals surface area contributed by atoms with Gasteiger partial charge in [0.1, 0.15) is 11.4 Å². The molecule has 0 aliphatic carbocycles. The summed E-state index contributed by atoms with van der Waals surface area (Å²) in [5.41, 5.74) is 1.93. The number of nitrogens with zero attached hydrogens (tertiary/aromatic N) is 4. The average Bonchev–Trinajstić information content (AvgIpc) is 2.85. The van der Waals surface area contributed by atoms with Crippen molar-refractivity contribution in [2.24, 2.45) is 0 Å². The number of nitrogen functional groups attached to an aromatic ring is 1. The zero-order chi connectivity index (χ0) is 30.1. The summed E-state index contributed by atoms with van der Waals surface area (Å²) in [4.78, 5) is 32.4. The molecule has 0 aliphatic heterocycles. The van der Waals surface area contributed by atoms with Gasteiger partial charge in [0.2, 0.25) is 7.85 Å². The minimum atomic E-state index is -4.87. The number of H-pyrrole nitrogens is 1. The first-order valence-electron chi connectivity index (χ1n) is 11.9. The van der Waals surface area contributed by atoms with Gasteiger partial charge in [0, 0.05) is 18.8 Å². The van der Waals surface area contributed by atoms with Crippen LogP contribution in [0.5, 0.6) is 5.75 Å². The highest BCUT2D eigenvalue weighted by Gasteiger charge is 2.37. The number of hydrogen-bond donors (Lipinski definition) is 5. The first-order valence-corrected chi connectivity index (χ1v) is 11.9. The third kappa shape index (κ3) is 6.81. The van der Waals surface area contributed by atoms with Gasteiger partial charge in [-0.1, -0.05) is 0 Å². The number of aryl methyl sites for hydroxylation is 1. The van der Waals surface area contributed by atoms with Crippen LogP contribution in [-0.4, -0.2) is 54.7 Å². The summed E-state index contributed by atoms with van der Waals surface area (Å²) in [5.74, 6) is -4.73. The zero-order valence-electron chi connectivity index (χ0n) is 21.2. The number of aliphatic hydroxyl groups is 2. The fraction of sp³-hybridized carbons (Fsp3) is 0.292. The number of halogens is 4. The number of alkyl halides is 3. The van der Waals surface area contributed by atoms with Crippen molar-refractivity contribution < 1.29 is 32.5 Å². The summed E-state index contributed by atoms with van der Waals surface area (Å²) < 4.78 is 60.7. The molecule has 4 rings (SSSR count). The van der Waals surface area contributed by atoms with Crippen LogP contribution >= 0.6 is 0 Å². The van der Waals surface area contributed by atoms with Crippen LogP contribution in [0.4, 0.5) is 29.1 Å². The Labute approximate surface area is 229 Å². The van der Waals surface area contributed by atoms with E-state index in [1.807, 2.05) is 0 Å². The molecule has 1 atom stereocenters. The second-order valence-electron chi connectivity index (χ2n) is 9.11. The normalized spacial score (nSPS) is 12.9. The Hall–Kier alpha value is -4.51. The van der Waals surface area contributed by atoms with E-state index in [0.717, 1.165) is 18.5 Å². The molecular formula is C24H22BF4N7O5. The number of nitrogens with two attached hydrogens (primary N) is 1. The van der Waals surface area contributed by atoms with Crippen molar-refractivity contribution in [1.29, 1.82) is 0 Å². The Kier molecular flexibility index (Phi) is 8.03. The molecule has 0 spiro atoms. The van der Waals surface area contributed by atoms with Gasteiger partial charge in [-0.2, -0.15) is 18.3 Å².